The van der Waals surface area contributed by atoms with Crippen LogP contribution in [0.1, 0.15) is 25.6 Å². The van der Waals surface area contributed by atoms with E-state index >= 15 is 0 Å². The highest BCUT2D eigenvalue weighted by molar-refractivity contribution is 4.97. The summed E-state index contributed by atoms with van der Waals surface area (Å²) in [7, 11) is 0. The predicted molar refractivity (Wildman–Crippen MR) is 61.8 cm³/mol. The van der Waals surface area contributed by atoms with Crippen LogP contribution in [-0.2, 0) is 6.54 Å². The summed E-state index contributed by atoms with van der Waals surface area (Å²) in [6.45, 7) is 5.10. The normalized spacial score (nSPS) is 14.9. The van der Waals surface area contributed by atoms with Crippen LogP contribution in [0.15, 0.2) is 30.7 Å². The van der Waals surface area contributed by atoms with Gasteiger partial charge in [0.2, 0.25) is 0 Å². The Morgan fingerprint density at radius 1 is 1.44 bits per heavy atom. The molecule has 0 aliphatic heterocycles. The molecule has 5 nitrogen and oxygen atoms in total. The van der Waals surface area contributed by atoms with Crippen LogP contribution >= 0.6 is 0 Å². The van der Waals surface area contributed by atoms with Crippen LogP contribution in [0.2, 0.25) is 0 Å². The van der Waals surface area contributed by atoms with Gasteiger partial charge in [0.15, 0.2) is 0 Å². The SMILES string of the molecule is C[C@H](NCc1ccn[nH]1)[C@@H](C)n1cccn1. The highest BCUT2D eigenvalue weighted by Crippen LogP contribution is 2.09. The Morgan fingerprint density at radius 3 is 2.94 bits per heavy atom. The Labute approximate surface area is 94.9 Å². The smallest absolute Gasteiger partial charge is 0.0641 e. The maximum absolute atomic E-state index is 4.24. The van der Waals surface area contributed by atoms with E-state index in [0.717, 1.165) is 12.2 Å². The van der Waals surface area contributed by atoms with E-state index in [0.29, 0.717) is 12.1 Å². The van der Waals surface area contributed by atoms with E-state index in [1.54, 1.807) is 12.4 Å². The molecule has 0 amide bonds. The molecule has 86 valence electrons. The number of hydrogen-bond acceptors (Lipinski definition) is 3. The second kappa shape index (κ2) is 4.94. The summed E-state index contributed by atoms with van der Waals surface area (Å²) >= 11 is 0. The van der Waals surface area contributed by atoms with E-state index in [1.807, 2.05) is 23.0 Å². The van der Waals surface area contributed by atoms with Crippen LogP contribution in [0, 0.1) is 0 Å². The first-order valence-electron chi connectivity index (χ1n) is 5.48. The second-order valence-corrected chi connectivity index (χ2v) is 3.98. The van der Waals surface area contributed by atoms with Gasteiger partial charge in [0, 0.05) is 36.9 Å². The van der Waals surface area contributed by atoms with Crippen molar-refractivity contribution in [2.24, 2.45) is 0 Å². The minimum atomic E-state index is 0.331. The van der Waals surface area contributed by atoms with Gasteiger partial charge in [-0.1, -0.05) is 0 Å². The summed E-state index contributed by atoms with van der Waals surface area (Å²) < 4.78 is 1.96. The fourth-order valence-corrected chi connectivity index (χ4v) is 1.58. The van der Waals surface area contributed by atoms with Crippen molar-refractivity contribution in [2.45, 2.75) is 32.5 Å². The lowest BCUT2D eigenvalue weighted by Crippen LogP contribution is -2.33. The molecule has 0 bridgehead atoms. The molecule has 0 radical (unpaired) electrons. The minimum absolute atomic E-state index is 0.331. The average molecular weight is 219 g/mol. The maximum Gasteiger partial charge on any atom is 0.0641 e. The van der Waals surface area contributed by atoms with Crippen molar-refractivity contribution in [1.82, 2.24) is 25.3 Å². The molecule has 0 spiro atoms. The number of aromatic nitrogens is 4. The average Bonchev–Trinajstić information content (AvgIpc) is 2.96. The lowest BCUT2D eigenvalue weighted by molar-refractivity contribution is 0.363. The summed E-state index contributed by atoms with van der Waals surface area (Å²) in [5, 5.41) is 14.5. The summed E-state index contributed by atoms with van der Waals surface area (Å²) in [6.07, 6.45) is 5.55. The molecule has 0 fully saturated rings. The van der Waals surface area contributed by atoms with Gasteiger partial charge in [0.05, 0.1) is 6.04 Å². The van der Waals surface area contributed by atoms with Crippen molar-refractivity contribution in [3.8, 4) is 0 Å². The molecule has 2 N–H and O–H groups in total. The largest absolute Gasteiger partial charge is 0.307 e. The van der Waals surface area contributed by atoms with Gasteiger partial charge < -0.3 is 5.32 Å². The van der Waals surface area contributed by atoms with Crippen molar-refractivity contribution in [1.29, 1.82) is 0 Å². The third-order valence-corrected chi connectivity index (χ3v) is 2.84. The monoisotopic (exact) mass is 219 g/mol. The highest BCUT2D eigenvalue weighted by atomic mass is 15.3. The number of hydrogen-bond donors (Lipinski definition) is 2. The Bertz CT molecular complexity index is 392. The van der Waals surface area contributed by atoms with Crippen LogP contribution in [0.5, 0.6) is 0 Å². The van der Waals surface area contributed by atoms with Gasteiger partial charge in [0.25, 0.3) is 0 Å². The van der Waals surface area contributed by atoms with Gasteiger partial charge in [-0.25, -0.2) is 0 Å². The van der Waals surface area contributed by atoms with Crippen molar-refractivity contribution < 1.29 is 0 Å². The van der Waals surface area contributed by atoms with Crippen molar-refractivity contribution in [3.63, 3.8) is 0 Å². The predicted octanol–water partition coefficient (Wildman–Crippen LogP) is 1.35. The zero-order valence-corrected chi connectivity index (χ0v) is 9.59. The Hall–Kier alpha value is -1.62. The van der Waals surface area contributed by atoms with E-state index < -0.39 is 0 Å². The van der Waals surface area contributed by atoms with Crippen LogP contribution in [0.3, 0.4) is 0 Å². The molecule has 2 heterocycles. The van der Waals surface area contributed by atoms with Crippen molar-refractivity contribution >= 4 is 0 Å². The van der Waals surface area contributed by atoms with Crippen molar-refractivity contribution in [3.05, 3.63) is 36.4 Å². The van der Waals surface area contributed by atoms with E-state index in [2.05, 4.69) is 34.5 Å². The van der Waals surface area contributed by atoms with Gasteiger partial charge in [0.1, 0.15) is 0 Å². The molecular weight excluding hydrogens is 202 g/mol. The first-order chi connectivity index (χ1) is 7.77. The maximum atomic E-state index is 4.24. The molecule has 2 aromatic rings. The highest BCUT2D eigenvalue weighted by Gasteiger charge is 2.13. The molecular formula is C11H17N5. The van der Waals surface area contributed by atoms with Crippen LogP contribution < -0.4 is 5.32 Å². The summed E-state index contributed by atoms with van der Waals surface area (Å²) in [4.78, 5) is 0. The van der Waals surface area contributed by atoms with E-state index in [1.165, 1.54) is 0 Å². The van der Waals surface area contributed by atoms with E-state index in [-0.39, 0.29) is 0 Å². The van der Waals surface area contributed by atoms with Gasteiger partial charge >= 0.3 is 0 Å². The molecule has 16 heavy (non-hydrogen) atoms. The molecule has 0 aromatic carbocycles. The molecule has 2 rings (SSSR count). The molecule has 0 aliphatic carbocycles. The molecule has 0 saturated carbocycles. The van der Waals surface area contributed by atoms with Crippen LogP contribution in [-0.4, -0.2) is 26.0 Å². The fraction of sp³-hybridized carbons (Fsp3) is 0.455. The summed E-state index contributed by atoms with van der Waals surface area (Å²) in [5.41, 5.74) is 1.10. The molecule has 0 aliphatic rings. The second-order valence-electron chi connectivity index (χ2n) is 3.98. The standard InChI is InChI=1S/C11H17N5/c1-9(10(2)16-7-3-5-14-16)12-8-11-4-6-13-15-11/h3-7,9-10,12H,8H2,1-2H3,(H,13,15)/t9-,10+/m0/s1. The van der Waals surface area contributed by atoms with Crippen LogP contribution in [0.25, 0.3) is 0 Å². The third kappa shape index (κ3) is 2.49. The van der Waals surface area contributed by atoms with Gasteiger partial charge in [-0.3, -0.25) is 9.78 Å². The van der Waals surface area contributed by atoms with Crippen LogP contribution in [0.4, 0.5) is 0 Å². The summed E-state index contributed by atoms with van der Waals surface area (Å²) in [5.74, 6) is 0. The Kier molecular flexibility index (Phi) is 3.36. The molecule has 5 heteroatoms. The molecule has 0 saturated heterocycles. The topological polar surface area (TPSA) is 58.5 Å². The lowest BCUT2D eigenvalue weighted by atomic mass is 10.1. The van der Waals surface area contributed by atoms with E-state index in [9.17, 15) is 0 Å². The Morgan fingerprint density at radius 2 is 2.31 bits per heavy atom. The Balaban J connectivity index is 1.86. The number of rotatable bonds is 5. The number of H-pyrrole nitrogens is 1. The first-order valence-corrected chi connectivity index (χ1v) is 5.48. The zero-order valence-electron chi connectivity index (χ0n) is 9.59. The lowest BCUT2D eigenvalue weighted by Gasteiger charge is -2.21. The fourth-order valence-electron chi connectivity index (χ4n) is 1.58. The molecule has 2 aromatic heterocycles. The number of nitrogens with one attached hydrogen (secondary N) is 2. The zero-order chi connectivity index (χ0) is 11.4. The van der Waals surface area contributed by atoms with Gasteiger partial charge in [-0.05, 0) is 26.0 Å². The molecule has 0 unspecified atom stereocenters. The van der Waals surface area contributed by atoms with Gasteiger partial charge in [-0.2, -0.15) is 10.2 Å². The first kappa shape index (κ1) is 10.9. The third-order valence-electron chi connectivity index (χ3n) is 2.84. The quantitative estimate of drug-likeness (QED) is 0.798. The molecule has 2 atom stereocenters. The van der Waals surface area contributed by atoms with E-state index in [4.69, 9.17) is 0 Å². The number of aromatic amines is 1. The van der Waals surface area contributed by atoms with Crippen molar-refractivity contribution in [2.75, 3.05) is 0 Å². The number of nitrogens with zero attached hydrogens (tertiary/aromatic N) is 3. The summed E-state index contributed by atoms with van der Waals surface area (Å²) in [6, 6.07) is 4.59. The van der Waals surface area contributed by atoms with Gasteiger partial charge in [-0.15, -0.1) is 0 Å². The minimum Gasteiger partial charge on any atom is -0.307 e.